The standard InChI is InChI=1S/C18H21N3O2/c1-20-10-7-15(13-20)18(23)21-11-8-16(9-12-21)19-17(22)14-5-3-2-4-6-14/h2-7,10,13,16H,8-9,11-12H2,1H3,(H,19,22). The summed E-state index contributed by atoms with van der Waals surface area (Å²) in [6.07, 6.45) is 5.29. The molecule has 0 spiro atoms. The van der Waals surface area contributed by atoms with Crippen LogP contribution in [0.4, 0.5) is 0 Å². The highest BCUT2D eigenvalue weighted by Gasteiger charge is 2.25. The molecule has 1 N–H and O–H groups in total. The Kier molecular flexibility index (Phi) is 4.46. The van der Waals surface area contributed by atoms with Gasteiger partial charge in [0.2, 0.25) is 0 Å². The van der Waals surface area contributed by atoms with Crippen molar-refractivity contribution in [1.29, 1.82) is 0 Å². The maximum absolute atomic E-state index is 12.4. The molecule has 2 aromatic rings. The summed E-state index contributed by atoms with van der Waals surface area (Å²) in [5.41, 5.74) is 1.40. The van der Waals surface area contributed by atoms with Gasteiger partial charge in [0.1, 0.15) is 0 Å². The highest BCUT2D eigenvalue weighted by atomic mass is 16.2. The molecule has 0 atom stereocenters. The molecule has 2 amide bonds. The molecule has 0 bridgehead atoms. The zero-order valence-corrected chi connectivity index (χ0v) is 13.2. The normalized spacial score (nSPS) is 15.4. The van der Waals surface area contributed by atoms with Crippen molar-refractivity contribution in [2.75, 3.05) is 13.1 Å². The van der Waals surface area contributed by atoms with Crippen LogP contribution in [0, 0.1) is 0 Å². The van der Waals surface area contributed by atoms with Gasteiger partial charge >= 0.3 is 0 Å². The van der Waals surface area contributed by atoms with E-state index in [2.05, 4.69) is 5.32 Å². The predicted octanol–water partition coefficient (Wildman–Crippen LogP) is 2.06. The lowest BCUT2D eigenvalue weighted by atomic mass is 10.0. The van der Waals surface area contributed by atoms with Crippen molar-refractivity contribution >= 4 is 11.8 Å². The molecule has 5 heteroatoms. The number of nitrogens with zero attached hydrogens (tertiary/aromatic N) is 2. The Balaban J connectivity index is 1.52. The van der Waals surface area contributed by atoms with Gasteiger partial charge in [-0.15, -0.1) is 0 Å². The van der Waals surface area contributed by atoms with E-state index in [1.54, 1.807) is 0 Å². The second-order valence-corrected chi connectivity index (χ2v) is 5.97. The number of likely N-dealkylation sites (tertiary alicyclic amines) is 1. The van der Waals surface area contributed by atoms with Gasteiger partial charge < -0.3 is 14.8 Å². The second-order valence-electron chi connectivity index (χ2n) is 5.97. The number of benzene rings is 1. The average Bonchev–Trinajstić information content (AvgIpc) is 3.02. The number of nitrogens with one attached hydrogen (secondary N) is 1. The number of piperidine rings is 1. The van der Waals surface area contributed by atoms with Crippen LogP contribution in [-0.4, -0.2) is 40.4 Å². The van der Waals surface area contributed by atoms with Gasteiger partial charge in [-0.25, -0.2) is 0 Å². The molecular weight excluding hydrogens is 290 g/mol. The van der Waals surface area contributed by atoms with Gasteiger partial charge in [0.15, 0.2) is 0 Å². The molecule has 1 aliphatic rings. The molecule has 0 saturated carbocycles. The van der Waals surface area contributed by atoms with Crippen LogP contribution in [0.1, 0.15) is 33.6 Å². The van der Waals surface area contributed by atoms with E-state index in [1.165, 1.54) is 0 Å². The lowest BCUT2D eigenvalue weighted by Gasteiger charge is -2.32. The Hall–Kier alpha value is -2.56. The topological polar surface area (TPSA) is 54.3 Å². The second kappa shape index (κ2) is 6.69. The number of carbonyl (C=O) groups excluding carboxylic acids is 2. The van der Waals surface area contributed by atoms with Crippen LogP contribution in [0.3, 0.4) is 0 Å². The third-order valence-corrected chi connectivity index (χ3v) is 4.23. The first kappa shape index (κ1) is 15.3. The lowest BCUT2D eigenvalue weighted by Crippen LogP contribution is -2.46. The Morgan fingerprint density at radius 3 is 2.35 bits per heavy atom. The number of hydrogen-bond acceptors (Lipinski definition) is 2. The van der Waals surface area contributed by atoms with Crippen LogP contribution >= 0.6 is 0 Å². The summed E-state index contributed by atoms with van der Waals surface area (Å²) < 4.78 is 1.88. The molecule has 0 aliphatic carbocycles. The molecule has 0 unspecified atom stereocenters. The number of rotatable bonds is 3. The molecule has 23 heavy (non-hydrogen) atoms. The molecule has 1 aliphatic heterocycles. The highest BCUT2D eigenvalue weighted by molar-refractivity contribution is 5.95. The van der Waals surface area contributed by atoms with Gasteiger partial charge in [-0.2, -0.15) is 0 Å². The number of amides is 2. The summed E-state index contributed by atoms with van der Waals surface area (Å²) in [7, 11) is 1.90. The third-order valence-electron chi connectivity index (χ3n) is 4.23. The smallest absolute Gasteiger partial charge is 0.255 e. The lowest BCUT2D eigenvalue weighted by molar-refractivity contribution is 0.0698. The quantitative estimate of drug-likeness (QED) is 0.943. The van der Waals surface area contributed by atoms with E-state index >= 15 is 0 Å². The van der Waals surface area contributed by atoms with Crippen LogP contribution in [0.5, 0.6) is 0 Å². The van der Waals surface area contributed by atoms with Crippen molar-refractivity contribution in [3.8, 4) is 0 Å². The molecule has 5 nitrogen and oxygen atoms in total. The summed E-state index contributed by atoms with van der Waals surface area (Å²) in [5.74, 6) is 0.0249. The SMILES string of the molecule is Cn1ccc(C(=O)N2CCC(NC(=O)c3ccccc3)CC2)c1. The fourth-order valence-corrected chi connectivity index (χ4v) is 2.90. The van der Waals surface area contributed by atoms with E-state index < -0.39 is 0 Å². The molecule has 0 radical (unpaired) electrons. The van der Waals surface area contributed by atoms with E-state index in [0.717, 1.165) is 18.4 Å². The molecule has 2 heterocycles. The number of aryl methyl sites for hydroxylation is 1. The molecule has 1 fully saturated rings. The van der Waals surface area contributed by atoms with Crippen molar-refractivity contribution in [2.24, 2.45) is 7.05 Å². The minimum absolute atomic E-state index is 0.0431. The molecular formula is C18H21N3O2. The van der Waals surface area contributed by atoms with E-state index in [9.17, 15) is 9.59 Å². The van der Waals surface area contributed by atoms with E-state index in [0.29, 0.717) is 18.7 Å². The van der Waals surface area contributed by atoms with Crippen molar-refractivity contribution in [3.63, 3.8) is 0 Å². The zero-order valence-electron chi connectivity index (χ0n) is 13.2. The van der Waals surface area contributed by atoms with Crippen molar-refractivity contribution < 1.29 is 9.59 Å². The first-order valence-electron chi connectivity index (χ1n) is 7.90. The Morgan fingerprint density at radius 1 is 1.04 bits per heavy atom. The summed E-state index contributed by atoms with van der Waals surface area (Å²) in [6, 6.07) is 11.2. The molecule has 3 rings (SSSR count). The Bertz CT molecular complexity index is 685. The number of carbonyl (C=O) groups is 2. The summed E-state index contributed by atoms with van der Waals surface area (Å²) in [6.45, 7) is 1.35. The summed E-state index contributed by atoms with van der Waals surface area (Å²) >= 11 is 0. The van der Waals surface area contributed by atoms with E-state index in [4.69, 9.17) is 0 Å². The van der Waals surface area contributed by atoms with E-state index in [1.807, 2.05) is 65.3 Å². The average molecular weight is 311 g/mol. The fourth-order valence-electron chi connectivity index (χ4n) is 2.90. The van der Waals surface area contributed by atoms with Crippen LogP contribution in [0.2, 0.25) is 0 Å². The van der Waals surface area contributed by atoms with Crippen molar-refractivity contribution in [1.82, 2.24) is 14.8 Å². The molecule has 1 aromatic heterocycles. The first-order valence-corrected chi connectivity index (χ1v) is 7.90. The number of aromatic nitrogens is 1. The van der Waals surface area contributed by atoms with Gasteiger partial charge in [0.05, 0.1) is 5.56 Å². The van der Waals surface area contributed by atoms with Crippen LogP contribution in [0.25, 0.3) is 0 Å². The zero-order chi connectivity index (χ0) is 16.2. The maximum Gasteiger partial charge on any atom is 0.255 e. The minimum atomic E-state index is -0.0431. The summed E-state index contributed by atoms with van der Waals surface area (Å²) in [5, 5.41) is 3.06. The first-order chi connectivity index (χ1) is 11.1. The van der Waals surface area contributed by atoms with E-state index in [-0.39, 0.29) is 17.9 Å². The minimum Gasteiger partial charge on any atom is -0.356 e. The molecule has 1 aromatic carbocycles. The van der Waals surface area contributed by atoms with Gasteiger partial charge in [-0.1, -0.05) is 18.2 Å². The van der Waals surface area contributed by atoms with Gasteiger partial charge in [-0.3, -0.25) is 9.59 Å². The number of hydrogen-bond donors (Lipinski definition) is 1. The van der Waals surface area contributed by atoms with Crippen LogP contribution in [0.15, 0.2) is 48.8 Å². The Morgan fingerprint density at radius 2 is 1.74 bits per heavy atom. The van der Waals surface area contributed by atoms with Gasteiger partial charge in [0, 0.05) is 44.1 Å². The van der Waals surface area contributed by atoms with Crippen molar-refractivity contribution in [2.45, 2.75) is 18.9 Å². The largest absolute Gasteiger partial charge is 0.356 e. The molecule has 1 saturated heterocycles. The fraction of sp³-hybridized carbons (Fsp3) is 0.333. The monoisotopic (exact) mass is 311 g/mol. The molecule has 120 valence electrons. The Labute approximate surface area is 135 Å². The van der Waals surface area contributed by atoms with Gasteiger partial charge in [0.25, 0.3) is 11.8 Å². The van der Waals surface area contributed by atoms with Crippen molar-refractivity contribution in [3.05, 3.63) is 59.9 Å². The highest BCUT2D eigenvalue weighted by Crippen LogP contribution is 2.15. The third kappa shape index (κ3) is 3.62. The van der Waals surface area contributed by atoms with Crippen LogP contribution < -0.4 is 5.32 Å². The van der Waals surface area contributed by atoms with Crippen LogP contribution in [-0.2, 0) is 7.05 Å². The summed E-state index contributed by atoms with van der Waals surface area (Å²) in [4.78, 5) is 26.4. The maximum atomic E-state index is 12.4. The van der Waals surface area contributed by atoms with Gasteiger partial charge in [-0.05, 0) is 31.0 Å². The predicted molar refractivity (Wildman–Crippen MR) is 88.2 cm³/mol.